The second-order valence-corrected chi connectivity index (χ2v) is 7.97. The van der Waals surface area contributed by atoms with E-state index >= 15 is 0 Å². The van der Waals surface area contributed by atoms with Gasteiger partial charge in [-0.2, -0.15) is 0 Å². The largest absolute Gasteiger partial charge is 0.493 e. The first-order valence-electron chi connectivity index (χ1n) is 9.80. The topological polar surface area (TPSA) is 58.1 Å². The molecule has 1 saturated heterocycles. The number of piperidine rings is 1. The van der Waals surface area contributed by atoms with Gasteiger partial charge in [-0.15, -0.1) is 0 Å². The lowest BCUT2D eigenvalue weighted by molar-refractivity contribution is 0.0739. The zero-order chi connectivity index (χ0) is 19.9. The van der Waals surface area contributed by atoms with Crippen molar-refractivity contribution in [2.24, 2.45) is 10.9 Å². The number of likely N-dealkylation sites (tertiary alicyclic amines) is 1. The normalized spacial score (nSPS) is 18.9. The predicted octanol–water partition coefficient (Wildman–Crippen LogP) is 2.88. The third kappa shape index (κ3) is 6.03. The molecule has 0 amide bonds. The molecule has 0 aliphatic carbocycles. The lowest BCUT2D eigenvalue weighted by Crippen LogP contribution is -2.55. The van der Waals surface area contributed by atoms with Crippen LogP contribution in [0.5, 0.6) is 11.5 Å². The van der Waals surface area contributed by atoms with Crippen molar-refractivity contribution in [2.75, 3.05) is 40.9 Å². The molecule has 2 rings (SSSR count). The number of hydrogen-bond donors (Lipinski definition) is 2. The van der Waals surface area contributed by atoms with Gasteiger partial charge in [0.05, 0.1) is 14.2 Å². The third-order valence-corrected chi connectivity index (χ3v) is 5.33. The fourth-order valence-corrected chi connectivity index (χ4v) is 3.55. The molecular weight excluding hydrogens is 340 g/mol. The summed E-state index contributed by atoms with van der Waals surface area (Å²) in [5, 5.41) is 6.87. The van der Waals surface area contributed by atoms with E-state index < -0.39 is 0 Å². The Balaban J connectivity index is 1.88. The number of methoxy groups -OCH3 is 2. The fraction of sp³-hybridized carbons (Fsp3) is 0.667. The molecule has 1 heterocycles. The zero-order valence-electron chi connectivity index (χ0n) is 17.8. The molecular formula is C21H36N4O2. The third-order valence-electron chi connectivity index (χ3n) is 5.33. The number of guanidine groups is 1. The summed E-state index contributed by atoms with van der Waals surface area (Å²) in [5.41, 5.74) is 1.20. The molecule has 1 aromatic carbocycles. The van der Waals surface area contributed by atoms with Crippen molar-refractivity contribution < 1.29 is 9.47 Å². The SMILES string of the molecule is CN=C(NCc1ccc(OC)c(OC)c1)NCC(C)(C)N1CCCC(C)C1. The summed E-state index contributed by atoms with van der Waals surface area (Å²) in [4.78, 5) is 6.96. The summed E-state index contributed by atoms with van der Waals surface area (Å²) in [7, 11) is 5.10. The van der Waals surface area contributed by atoms with Crippen molar-refractivity contribution in [2.45, 2.75) is 45.7 Å². The average Bonchev–Trinajstić information content (AvgIpc) is 2.67. The van der Waals surface area contributed by atoms with E-state index in [0.29, 0.717) is 6.54 Å². The van der Waals surface area contributed by atoms with Gasteiger partial charge in [0.15, 0.2) is 17.5 Å². The van der Waals surface area contributed by atoms with E-state index in [2.05, 4.69) is 41.3 Å². The summed E-state index contributed by atoms with van der Waals surface area (Å²) < 4.78 is 10.7. The van der Waals surface area contributed by atoms with Crippen LogP contribution in [0.3, 0.4) is 0 Å². The molecule has 152 valence electrons. The number of nitrogens with zero attached hydrogens (tertiary/aromatic N) is 2. The Morgan fingerprint density at radius 2 is 1.96 bits per heavy atom. The Bertz CT molecular complexity index is 631. The van der Waals surface area contributed by atoms with Crippen LogP contribution in [0.25, 0.3) is 0 Å². The van der Waals surface area contributed by atoms with E-state index in [1.807, 2.05) is 18.2 Å². The lowest BCUT2D eigenvalue weighted by atomic mass is 9.93. The van der Waals surface area contributed by atoms with E-state index in [1.165, 1.54) is 25.9 Å². The smallest absolute Gasteiger partial charge is 0.191 e. The fourth-order valence-electron chi connectivity index (χ4n) is 3.55. The van der Waals surface area contributed by atoms with Crippen LogP contribution in [0.1, 0.15) is 39.2 Å². The zero-order valence-corrected chi connectivity index (χ0v) is 17.8. The Morgan fingerprint density at radius 3 is 2.59 bits per heavy atom. The first-order chi connectivity index (χ1) is 12.9. The molecule has 0 spiro atoms. The highest BCUT2D eigenvalue weighted by Crippen LogP contribution is 2.27. The quantitative estimate of drug-likeness (QED) is 0.566. The van der Waals surface area contributed by atoms with Crippen molar-refractivity contribution in [1.82, 2.24) is 15.5 Å². The number of hydrogen-bond acceptors (Lipinski definition) is 4. The van der Waals surface area contributed by atoms with Gasteiger partial charge in [0.1, 0.15) is 0 Å². The first kappa shape index (κ1) is 21.4. The summed E-state index contributed by atoms with van der Waals surface area (Å²) in [5.74, 6) is 3.06. The van der Waals surface area contributed by atoms with Gasteiger partial charge in [0, 0.05) is 32.2 Å². The molecule has 1 unspecified atom stereocenters. The van der Waals surface area contributed by atoms with Gasteiger partial charge in [-0.05, 0) is 56.8 Å². The van der Waals surface area contributed by atoms with Crippen molar-refractivity contribution in [3.8, 4) is 11.5 Å². The minimum Gasteiger partial charge on any atom is -0.493 e. The number of ether oxygens (including phenoxy) is 2. The highest BCUT2D eigenvalue weighted by atomic mass is 16.5. The van der Waals surface area contributed by atoms with E-state index in [4.69, 9.17) is 9.47 Å². The van der Waals surface area contributed by atoms with Crippen LogP contribution < -0.4 is 20.1 Å². The number of rotatable bonds is 7. The highest BCUT2D eigenvalue weighted by molar-refractivity contribution is 5.79. The molecule has 27 heavy (non-hydrogen) atoms. The van der Waals surface area contributed by atoms with Gasteiger partial charge >= 0.3 is 0 Å². The summed E-state index contributed by atoms with van der Waals surface area (Å²) in [6.45, 7) is 10.8. The molecule has 1 fully saturated rings. The number of nitrogens with one attached hydrogen (secondary N) is 2. The lowest BCUT2D eigenvalue weighted by Gasteiger charge is -2.43. The molecule has 0 radical (unpaired) electrons. The van der Waals surface area contributed by atoms with Crippen LogP contribution in [0.2, 0.25) is 0 Å². The molecule has 1 aliphatic rings. The van der Waals surface area contributed by atoms with Crippen LogP contribution in [0, 0.1) is 5.92 Å². The van der Waals surface area contributed by atoms with Crippen LogP contribution in [0.4, 0.5) is 0 Å². The maximum Gasteiger partial charge on any atom is 0.191 e. The van der Waals surface area contributed by atoms with Gasteiger partial charge in [-0.25, -0.2) is 0 Å². The first-order valence-corrected chi connectivity index (χ1v) is 9.80. The minimum atomic E-state index is 0.0929. The summed E-state index contributed by atoms with van der Waals surface area (Å²) in [6.07, 6.45) is 2.63. The van der Waals surface area contributed by atoms with Gasteiger partial charge in [0.25, 0.3) is 0 Å². The Hall–Kier alpha value is -1.95. The minimum absolute atomic E-state index is 0.0929. The van der Waals surface area contributed by atoms with Crippen molar-refractivity contribution >= 4 is 5.96 Å². The van der Waals surface area contributed by atoms with Crippen LogP contribution in [-0.4, -0.2) is 57.3 Å². The van der Waals surface area contributed by atoms with E-state index in [9.17, 15) is 0 Å². The molecule has 0 saturated carbocycles. The van der Waals surface area contributed by atoms with Gasteiger partial charge in [0.2, 0.25) is 0 Å². The molecule has 1 aromatic rings. The van der Waals surface area contributed by atoms with Crippen LogP contribution >= 0.6 is 0 Å². The molecule has 0 bridgehead atoms. The number of aliphatic imine (C=N–C) groups is 1. The molecule has 0 aromatic heterocycles. The van der Waals surface area contributed by atoms with Gasteiger partial charge < -0.3 is 20.1 Å². The van der Waals surface area contributed by atoms with Crippen molar-refractivity contribution in [3.63, 3.8) is 0 Å². The standard InChI is InChI=1S/C21H36N4O2/c1-16-8-7-11-25(14-16)21(2,3)15-24-20(22-4)23-13-17-9-10-18(26-5)19(12-17)27-6/h9-10,12,16H,7-8,11,13-15H2,1-6H3,(H2,22,23,24). The molecule has 6 nitrogen and oxygen atoms in total. The summed E-state index contributed by atoms with van der Waals surface area (Å²) >= 11 is 0. The van der Waals surface area contributed by atoms with Gasteiger partial charge in [-0.3, -0.25) is 9.89 Å². The van der Waals surface area contributed by atoms with Gasteiger partial charge in [-0.1, -0.05) is 13.0 Å². The maximum atomic E-state index is 5.37. The van der Waals surface area contributed by atoms with Crippen LogP contribution in [-0.2, 0) is 6.54 Å². The monoisotopic (exact) mass is 376 g/mol. The highest BCUT2D eigenvalue weighted by Gasteiger charge is 2.30. The maximum absolute atomic E-state index is 5.37. The van der Waals surface area contributed by atoms with Crippen molar-refractivity contribution in [3.05, 3.63) is 23.8 Å². The van der Waals surface area contributed by atoms with E-state index in [-0.39, 0.29) is 5.54 Å². The Kier molecular flexibility index (Phi) is 7.78. The van der Waals surface area contributed by atoms with E-state index in [0.717, 1.165) is 35.5 Å². The van der Waals surface area contributed by atoms with E-state index in [1.54, 1.807) is 21.3 Å². The second kappa shape index (κ2) is 9.83. The molecule has 6 heteroatoms. The molecule has 2 N–H and O–H groups in total. The predicted molar refractivity (Wildman–Crippen MR) is 112 cm³/mol. The average molecular weight is 377 g/mol. The van der Waals surface area contributed by atoms with Crippen LogP contribution in [0.15, 0.2) is 23.2 Å². The Morgan fingerprint density at radius 1 is 1.22 bits per heavy atom. The molecule has 1 atom stereocenters. The summed E-state index contributed by atoms with van der Waals surface area (Å²) in [6, 6.07) is 5.94. The second-order valence-electron chi connectivity index (χ2n) is 7.97. The van der Waals surface area contributed by atoms with Crippen molar-refractivity contribution in [1.29, 1.82) is 0 Å². The number of benzene rings is 1. The Labute approximate surface area is 164 Å². The molecule has 1 aliphatic heterocycles.